The van der Waals surface area contributed by atoms with Gasteiger partial charge in [-0.05, 0) is 56.5 Å². The van der Waals surface area contributed by atoms with Crippen LogP contribution in [0, 0.1) is 5.82 Å². The summed E-state index contributed by atoms with van der Waals surface area (Å²) < 4.78 is 13.1. The van der Waals surface area contributed by atoms with E-state index in [1.165, 1.54) is 25.0 Å². The van der Waals surface area contributed by atoms with Crippen molar-refractivity contribution in [3.63, 3.8) is 0 Å². The monoisotopic (exact) mass is 264 g/mol. The molecule has 3 heteroatoms. The van der Waals surface area contributed by atoms with Crippen LogP contribution in [0.5, 0.6) is 0 Å². The molecule has 1 unspecified atom stereocenters. The third-order valence-electron chi connectivity index (χ3n) is 4.77. The predicted octanol–water partition coefficient (Wildman–Crippen LogP) is 3.48. The van der Waals surface area contributed by atoms with Crippen LogP contribution in [0.25, 0.3) is 0 Å². The van der Waals surface area contributed by atoms with Crippen molar-refractivity contribution in [2.24, 2.45) is 5.73 Å². The largest absolute Gasteiger partial charge is 0.322 e. The van der Waals surface area contributed by atoms with Crippen molar-refractivity contribution in [1.82, 2.24) is 4.90 Å². The predicted molar refractivity (Wildman–Crippen MR) is 77.4 cm³/mol. The van der Waals surface area contributed by atoms with E-state index < -0.39 is 0 Å². The minimum absolute atomic E-state index is 0.00826. The highest BCUT2D eigenvalue weighted by Gasteiger charge is 2.40. The Morgan fingerprint density at radius 3 is 2.16 bits per heavy atom. The SMILES string of the molecule is CCC(CC)(C(N)c1ccc(F)cc1)N1CCCC1. The molecule has 1 aromatic rings. The molecule has 1 aliphatic rings. The molecule has 0 amide bonds. The fourth-order valence-corrected chi connectivity index (χ4v) is 3.48. The van der Waals surface area contributed by atoms with Crippen molar-refractivity contribution in [2.45, 2.75) is 51.1 Å². The van der Waals surface area contributed by atoms with Gasteiger partial charge in [-0.2, -0.15) is 0 Å². The Morgan fingerprint density at radius 2 is 1.68 bits per heavy atom. The Morgan fingerprint density at radius 1 is 1.16 bits per heavy atom. The molecule has 0 saturated carbocycles. The number of likely N-dealkylation sites (tertiary alicyclic amines) is 1. The number of benzene rings is 1. The van der Waals surface area contributed by atoms with E-state index in [4.69, 9.17) is 5.73 Å². The van der Waals surface area contributed by atoms with Gasteiger partial charge in [0.05, 0.1) is 0 Å². The molecule has 2 rings (SSSR count). The molecule has 0 spiro atoms. The highest BCUT2D eigenvalue weighted by molar-refractivity contribution is 5.24. The lowest BCUT2D eigenvalue weighted by Crippen LogP contribution is -2.53. The molecule has 2 nitrogen and oxygen atoms in total. The lowest BCUT2D eigenvalue weighted by atomic mass is 9.80. The van der Waals surface area contributed by atoms with Crippen molar-refractivity contribution in [3.8, 4) is 0 Å². The second-order valence-electron chi connectivity index (χ2n) is 5.53. The summed E-state index contributed by atoms with van der Waals surface area (Å²) in [6.45, 7) is 6.70. The van der Waals surface area contributed by atoms with Crippen LogP contribution < -0.4 is 5.73 Å². The summed E-state index contributed by atoms with van der Waals surface area (Å²) in [5.74, 6) is -0.198. The van der Waals surface area contributed by atoms with E-state index in [1.54, 1.807) is 0 Å². The van der Waals surface area contributed by atoms with Crippen LogP contribution in [0.15, 0.2) is 24.3 Å². The van der Waals surface area contributed by atoms with E-state index >= 15 is 0 Å². The normalized spacial score (nSPS) is 18.7. The maximum Gasteiger partial charge on any atom is 0.123 e. The van der Waals surface area contributed by atoms with Crippen LogP contribution in [-0.2, 0) is 0 Å². The average molecular weight is 264 g/mol. The third-order valence-corrected chi connectivity index (χ3v) is 4.77. The fraction of sp³-hybridized carbons (Fsp3) is 0.625. The van der Waals surface area contributed by atoms with Crippen molar-refractivity contribution >= 4 is 0 Å². The molecule has 1 aliphatic heterocycles. The fourth-order valence-electron chi connectivity index (χ4n) is 3.48. The van der Waals surface area contributed by atoms with Crippen molar-refractivity contribution < 1.29 is 4.39 Å². The van der Waals surface area contributed by atoms with Crippen molar-refractivity contribution in [3.05, 3.63) is 35.6 Å². The first kappa shape index (κ1) is 14.5. The standard InChI is InChI=1S/C16H25FN2/c1-3-16(4-2,19-11-5-6-12-19)15(18)13-7-9-14(17)10-8-13/h7-10,15H,3-6,11-12,18H2,1-2H3. The van der Waals surface area contributed by atoms with Gasteiger partial charge < -0.3 is 5.73 Å². The zero-order valence-electron chi connectivity index (χ0n) is 12.0. The molecule has 0 aromatic heterocycles. The maximum atomic E-state index is 13.1. The van der Waals surface area contributed by atoms with E-state index in [1.807, 2.05) is 12.1 Å². The van der Waals surface area contributed by atoms with Gasteiger partial charge in [0.25, 0.3) is 0 Å². The molecule has 19 heavy (non-hydrogen) atoms. The zero-order chi connectivity index (χ0) is 13.9. The lowest BCUT2D eigenvalue weighted by molar-refractivity contribution is 0.0766. The van der Waals surface area contributed by atoms with Crippen LogP contribution in [0.4, 0.5) is 4.39 Å². The molecule has 0 aliphatic carbocycles. The molecular weight excluding hydrogens is 239 g/mol. The Hall–Kier alpha value is -0.930. The van der Waals surface area contributed by atoms with Crippen LogP contribution in [-0.4, -0.2) is 23.5 Å². The molecule has 106 valence electrons. The number of halogens is 1. The highest BCUT2D eigenvalue weighted by Crippen LogP contribution is 2.37. The minimum atomic E-state index is -0.198. The van der Waals surface area contributed by atoms with Crippen LogP contribution in [0.3, 0.4) is 0 Å². The topological polar surface area (TPSA) is 29.3 Å². The number of hydrogen-bond donors (Lipinski definition) is 1. The van der Waals surface area contributed by atoms with Gasteiger partial charge in [0.15, 0.2) is 0 Å². The summed E-state index contributed by atoms with van der Waals surface area (Å²) in [5, 5.41) is 0. The minimum Gasteiger partial charge on any atom is -0.322 e. The van der Waals surface area contributed by atoms with E-state index in [2.05, 4.69) is 18.7 Å². The zero-order valence-corrected chi connectivity index (χ0v) is 12.0. The molecule has 0 radical (unpaired) electrons. The Kier molecular flexibility index (Phi) is 4.58. The van der Waals surface area contributed by atoms with Crippen molar-refractivity contribution in [2.75, 3.05) is 13.1 Å². The molecular formula is C16H25FN2. The van der Waals surface area contributed by atoms with Crippen LogP contribution in [0.2, 0.25) is 0 Å². The van der Waals surface area contributed by atoms with E-state index in [-0.39, 0.29) is 17.4 Å². The van der Waals surface area contributed by atoms with Gasteiger partial charge in [-0.25, -0.2) is 4.39 Å². The third kappa shape index (κ3) is 2.67. The average Bonchev–Trinajstić information content (AvgIpc) is 2.96. The van der Waals surface area contributed by atoms with E-state index in [0.717, 1.165) is 31.5 Å². The van der Waals surface area contributed by atoms with E-state index in [9.17, 15) is 4.39 Å². The van der Waals surface area contributed by atoms with Gasteiger partial charge in [-0.15, -0.1) is 0 Å². The molecule has 1 atom stereocenters. The first-order chi connectivity index (χ1) is 9.14. The van der Waals surface area contributed by atoms with Gasteiger partial charge in [-0.3, -0.25) is 4.90 Å². The number of nitrogens with two attached hydrogens (primary N) is 1. The molecule has 1 aromatic carbocycles. The Bertz CT molecular complexity index is 392. The summed E-state index contributed by atoms with van der Waals surface area (Å²) in [5.41, 5.74) is 7.61. The van der Waals surface area contributed by atoms with Gasteiger partial charge in [0.2, 0.25) is 0 Å². The lowest BCUT2D eigenvalue weighted by Gasteiger charge is -2.45. The second kappa shape index (κ2) is 6.02. The quantitative estimate of drug-likeness (QED) is 0.882. The van der Waals surface area contributed by atoms with E-state index in [0.29, 0.717) is 0 Å². The maximum absolute atomic E-state index is 13.1. The Balaban J connectivity index is 2.29. The summed E-state index contributed by atoms with van der Waals surface area (Å²) >= 11 is 0. The summed E-state index contributed by atoms with van der Waals surface area (Å²) in [7, 11) is 0. The van der Waals surface area contributed by atoms with Gasteiger partial charge in [0, 0.05) is 11.6 Å². The molecule has 1 fully saturated rings. The van der Waals surface area contributed by atoms with Crippen LogP contribution >= 0.6 is 0 Å². The van der Waals surface area contributed by atoms with Crippen molar-refractivity contribution in [1.29, 1.82) is 0 Å². The highest BCUT2D eigenvalue weighted by atomic mass is 19.1. The summed E-state index contributed by atoms with van der Waals surface area (Å²) in [4.78, 5) is 2.54. The number of rotatable bonds is 5. The van der Waals surface area contributed by atoms with Gasteiger partial charge in [0.1, 0.15) is 5.82 Å². The first-order valence-electron chi connectivity index (χ1n) is 7.40. The smallest absolute Gasteiger partial charge is 0.123 e. The van der Waals surface area contributed by atoms with Gasteiger partial charge >= 0.3 is 0 Å². The number of hydrogen-bond acceptors (Lipinski definition) is 2. The summed E-state index contributed by atoms with van der Waals surface area (Å²) in [6.07, 6.45) is 4.58. The van der Waals surface area contributed by atoms with Crippen LogP contribution in [0.1, 0.15) is 51.1 Å². The number of nitrogens with zero attached hydrogens (tertiary/aromatic N) is 1. The first-order valence-corrected chi connectivity index (χ1v) is 7.40. The second-order valence-corrected chi connectivity index (χ2v) is 5.53. The Labute approximate surface area is 115 Å². The molecule has 2 N–H and O–H groups in total. The molecule has 1 saturated heterocycles. The summed E-state index contributed by atoms with van der Waals surface area (Å²) in [6, 6.07) is 6.62. The molecule has 0 bridgehead atoms. The van der Waals surface area contributed by atoms with Gasteiger partial charge in [-0.1, -0.05) is 26.0 Å². The molecule has 1 heterocycles.